The maximum atomic E-state index is 13.0. The smallest absolute Gasteiger partial charge is 0.462 e. The molecular formula is C71H138O17P2. The third-order valence-electron chi connectivity index (χ3n) is 16.5. The van der Waals surface area contributed by atoms with Crippen LogP contribution >= 0.6 is 15.6 Å². The summed E-state index contributed by atoms with van der Waals surface area (Å²) in [5.41, 5.74) is 0. The molecule has 0 aliphatic heterocycles. The fraction of sp³-hybridized carbons (Fsp3) is 0.944. The molecule has 0 saturated carbocycles. The van der Waals surface area contributed by atoms with Crippen LogP contribution in [-0.2, 0) is 65.4 Å². The third kappa shape index (κ3) is 64.8. The van der Waals surface area contributed by atoms with Gasteiger partial charge in [0.2, 0.25) is 0 Å². The van der Waals surface area contributed by atoms with Crippen LogP contribution in [0.3, 0.4) is 0 Å². The Morgan fingerprint density at radius 3 is 0.756 bits per heavy atom. The van der Waals surface area contributed by atoms with Crippen LogP contribution in [0.2, 0.25) is 0 Å². The SMILES string of the molecule is CCCCCCCCCCCCCCC(=O)OC[C@H](COP(=O)(O)OC[C@@H](O)COP(=O)(O)OC[C@@H](COC(=O)CCCCCCCCCCC)OC(=O)CCCCCCCCCCCCC)OC(=O)CCCCCCCCCCCCCCCCCC(C)C. The molecule has 0 fully saturated rings. The maximum absolute atomic E-state index is 13.0. The molecular weight excluding hydrogens is 1190 g/mol. The molecule has 0 aliphatic rings. The van der Waals surface area contributed by atoms with E-state index >= 15 is 0 Å². The van der Waals surface area contributed by atoms with E-state index in [1.165, 1.54) is 193 Å². The molecule has 0 aromatic rings. The number of rotatable bonds is 71. The molecule has 90 heavy (non-hydrogen) atoms. The molecule has 5 atom stereocenters. The van der Waals surface area contributed by atoms with Gasteiger partial charge in [0.15, 0.2) is 12.2 Å². The molecule has 0 aromatic heterocycles. The van der Waals surface area contributed by atoms with Gasteiger partial charge in [-0.3, -0.25) is 37.3 Å². The molecule has 0 heterocycles. The number of carbonyl (C=O) groups is 4. The molecule has 0 aliphatic carbocycles. The normalized spacial score (nSPS) is 14.1. The van der Waals surface area contributed by atoms with Crippen LogP contribution in [0.4, 0.5) is 0 Å². The van der Waals surface area contributed by atoms with E-state index in [0.29, 0.717) is 25.7 Å². The lowest BCUT2D eigenvalue weighted by Crippen LogP contribution is -2.30. The number of aliphatic hydroxyl groups excluding tert-OH is 1. The minimum Gasteiger partial charge on any atom is -0.462 e. The highest BCUT2D eigenvalue weighted by Crippen LogP contribution is 2.45. The summed E-state index contributed by atoms with van der Waals surface area (Å²) in [4.78, 5) is 72.5. The largest absolute Gasteiger partial charge is 0.472 e. The van der Waals surface area contributed by atoms with Crippen molar-refractivity contribution in [1.82, 2.24) is 0 Å². The molecule has 19 heteroatoms. The summed E-state index contributed by atoms with van der Waals surface area (Å²) in [7, 11) is -9.90. The number of carbonyl (C=O) groups excluding carboxylic acids is 4. The van der Waals surface area contributed by atoms with Crippen molar-refractivity contribution in [2.24, 2.45) is 5.92 Å². The second-order valence-electron chi connectivity index (χ2n) is 26.1. The molecule has 17 nitrogen and oxygen atoms in total. The average Bonchev–Trinajstić information content (AvgIpc) is 3.23. The van der Waals surface area contributed by atoms with E-state index < -0.39 is 97.5 Å². The first kappa shape index (κ1) is 88.1. The summed E-state index contributed by atoms with van der Waals surface area (Å²) in [6.07, 6.45) is 51.2. The molecule has 0 rings (SSSR count). The van der Waals surface area contributed by atoms with Gasteiger partial charge in [0.1, 0.15) is 19.3 Å². The standard InChI is InChI=1S/C71H138O17P2/c1-6-9-12-15-18-21-23-31-35-40-45-50-55-69(74)82-61-67(88-71(76)57-52-47-42-37-32-28-26-24-25-27-30-34-38-43-48-53-64(4)5)63-86-90(79,80)84-59-65(72)58-83-89(77,78)85-62-66(60-81-68(73)54-49-44-39-33-20-17-14-11-8-3)87-70(75)56-51-46-41-36-29-22-19-16-13-10-7-2/h64-67,72H,6-63H2,1-5H3,(H,77,78)(H,79,80)/t65-,66+,67+/m0/s1. The summed E-state index contributed by atoms with van der Waals surface area (Å²) in [6.45, 7) is 7.26. The Bertz CT molecular complexity index is 1740. The molecule has 2 unspecified atom stereocenters. The van der Waals surface area contributed by atoms with Crippen molar-refractivity contribution in [3.63, 3.8) is 0 Å². The Balaban J connectivity index is 5.21. The number of esters is 4. The van der Waals surface area contributed by atoms with E-state index in [2.05, 4.69) is 34.6 Å². The number of phosphoric acid groups is 2. The summed E-state index contributed by atoms with van der Waals surface area (Å²) in [5, 5.41) is 10.6. The van der Waals surface area contributed by atoms with E-state index in [4.69, 9.17) is 37.0 Å². The van der Waals surface area contributed by atoms with Crippen molar-refractivity contribution in [3.05, 3.63) is 0 Å². The Labute approximate surface area is 549 Å². The Hall–Kier alpha value is -1.94. The van der Waals surface area contributed by atoms with Crippen molar-refractivity contribution in [3.8, 4) is 0 Å². The first-order valence-corrected chi connectivity index (χ1v) is 40.1. The number of hydrogen-bond donors (Lipinski definition) is 3. The van der Waals surface area contributed by atoms with Gasteiger partial charge in [0.05, 0.1) is 26.4 Å². The van der Waals surface area contributed by atoms with Gasteiger partial charge in [-0.05, 0) is 31.6 Å². The summed E-state index contributed by atoms with van der Waals surface area (Å²) >= 11 is 0. The second-order valence-corrected chi connectivity index (χ2v) is 29.0. The fourth-order valence-electron chi connectivity index (χ4n) is 10.8. The minimum atomic E-state index is -4.95. The van der Waals surface area contributed by atoms with Crippen LogP contribution in [0.1, 0.15) is 369 Å². The third-order valence-corrected chi connectivity index (χ3v) is 18.4. The highest BCUT2D eigenvalue weighted by atomic mass is 31.2. The van der Waals surface area contributed by atoms with E-state index in [1.807, 2.05) is 0 Å². The molecule has 0 amide bonds. The molecule has 0 aromatic carbocycles. The fourth-order valence-corrected chi connectivity index (χ4v) is 12.4. The number of aliphatic hydroxyl groups is 1. The van der Waals surface area contributed by atoms with Gasteiger partial charge in [-0.25, -0.2) is 9.13 Å². The quantitative estimate of drug-likeness (QED) is 0.0222. The zero-order valence-corrected chi connectivity index (χ0v) is 60.1. The van der Waals surface area contributed by atoms with Gasteiger partial charge in [-0.1, -0.05) is 317 Å². The van der Waals surface area contributed by atoms with Crippen molar-refractivity contribution < 1.29 is 80.2 Å². The van der Waals surface area contributed by atoms with Gasteiger partial charge in [0.25, 0.3) is 0 Å². The van der Waals surface area contributed by atoms with Crippen molar-refractivity contribution >= 4 is 39.5 Å². The molecule has 0 radical (unpaired) electrons. The lowest BCUT2D eigenvalue weighted by Gasteiger charge is -2.21. The van der Waals surface area contributed by atoms with Crippen LogP contribution in [0.5, 0.6) is 0 Å². The molecule has 0 spiro atoms. The van der Waals surface area contributed by atoms with Crippen LogP contribution < -0.4 is 0 Å². The molecule has 534 valence electrons. The van der Waals surface area contributed by atoms with Gasteiger partial charge >= 0.3 is 39.5 Å². The number of hydrogen-bond acceptors (Lipinski definition) is 15. The van der Waals surface area contributed by atoms with Crippen LogP contribution in [0, 0.1) is 5.92 Å². The van der Waals surface area contributed by atoms with Gasteiger partial charge in [-0.2, -0.15) is 0 Å². The van der Waals surface area contributed by atoms with E-state index in [0.717, 1.165) is 95.8 Å². The van der Waals surface area contributed by atoms with Gasteiger partial charge in [-0.15, -0.1) is 0 Å². The maximum Gasteiger partial charge on any atom is 0.472 e. The van der Waals surface area contributed by atoms with E-state index in [9.17, 15) is 43.2 Å². The van der Waals surface area contributed by atoms with E-state index in [-0.39, 0.29) is 25.7 Å². The number of unbranched alkanes of at least 4 members (excludes halogenated alkanes) is 43. The highest BCUT2D eigenvalue weighted by Gasteiger charge is 2.30. The number of ether oxygens (including phenoxy) is 4. The number of phosphoric ester groups is 2. The lowest BCUT2D eigenvalue weighted by atomic mass is 10.0. The first-order valence-electron chi connectivity index (χ1n) is 37.1. The second kappa shape index (κ2) is 64.4. The topological polar surface area (TPSA) is 237 Å². The monoisotopic (exact) mass is 1320 g/mol. The summed E-state index contributed by atoms with van der Waals surface area (Å²) in [6, 6.07) is 0. The summed E-state index contributed by atoms with van der Waals surface area (Å²) in [5.74, 6) is -1.32. The van der Waals surface area contributed by atoms with Crippen LogP contribution in [-0.4, -0.2) is 96.7 Å². The zero-order chi connectivity index (χ0) is 66.3. The van der Waals surface area contributed by atoms with Crippen molar-refractivity contribution in [2.75, 3.05) is 39.6 Å². The van der Waals surface area contributed by atoms with E-state index in [1.54, 1.807) is 0 Å². The molecule has 0 saturated heterocycles. The Morgan fingerprint density at radius 2 is 0.511 bits per heavy atom. The molecule has 3 N–H and O–H groups in total. The predicted octanol–water partition coefficient (Wildman–Crippen LogP) is 20.5. The van der Waals surface area contributed by atoms with Crippen LogP contribution in [0.15, 0.2) is 0 Å². The highest BCUT2D eigenvalue weighted by molar-refractivity contribution is 7.47. The van der Waals surface area contributed by atoms with Crippen LogP contribution in [0.25, 0.3) is 0 Å². The lowest BCUT2D eigenvalue weighted by molar-refractivity contribution is -0.161. The predicted molar refractivity (Wildman–Crippen MR) is 363 cm³/mol. The average molecular weight is 1330 g/mol. The zero-order valence-electron chi connectivity index (χ0n) is 58.3. The van der Waals surface area contributed by atoms with Gasteiger partial charge < -0.3 is 33.8 Å². The molecule has 0 bridgehead atoms. The Kier molecular flexibility index (Phi) is 63.0. The minimum absolute atomic E-state index is 0.107. The van der Waals surface area contributed by atoms with Crippen molar-refractivity contribution in [1.29, 1.82) is 0 Å². The Morgan fingerprint density at radius 1 is 0.300 bits per heavy atom. The summed E-state index contributed by atoms with van der Waals surface area (Å²) < 4.78 is 68.3. The first-order chi connectivity index (χ1) is 43.5. The van der Waals surface area contributed by atoms with Crippen molar-refractivity contribution in [2.45, 2.75) is 387 Å². The van der Waals surface area contributed by atoms with Gasteiger partial charge in [0, 0.05) is 25.7 Å².